The molecule has 1 heterocycles. The summed E-state index contributed by atoms with van der Waals surface area (Å²) in [5.41, 5.74) is 0.870. The summed E-state index contributed by atoms with van der Waals surface area (Å²) < 4.78 is 6.56. The number of amides is 1. The van der Waals surface area contributed by atoms with Crippen LogP contribution in [0.15, 0.2) is 28.7 Å². The average Bonchev–Trinajstić information content (AvgIpc) is 2.65. The summed E-state index contributed by atoms with van der Waals surface area (Å²) in [5.74, 6) is 0. The third-order valence-corrected chi connectivity index (χ3v) is 4.09. The van der Waals surface area contributed by atoms with Gasteiger partial charge in [-0.1, -0.05) is 28.1 Å². The monoisotopic (exact) mass is 368 g/mol. The summed E-state index contributed by atoms with van der Waals surface area (Å²) in [4.78, 5) is 16.4. The molecule has 0 saturated carbocycles. The molecule has 0 radical (unpaired) electrons. The van der Waals surface area contributed by atoms with E-state index in [1.807, 2.05) is 25.7 Å². The van der Waals surface area contributed by atoms with E-state index in [2.05, 4.69) is 45.1 Å². The largest absolute Gasteiger partial charge is 0.444 e. The van der Waals surface area contributed by atoms with Gasteiger partial charge in [-0.15, -0.1) is 0 Å². The maximum Gasteiger partial charge on any atom is 0.410 e. The fourth-order valence-electron chi connectivity index (χ4n) is 2.49. The summed E-state index contributed by atoms with van der Waals surface area (Å²) in [6.07, 6.45) is 0.786. The lowest BCUT2D eigenvalue weighted by Crippen LogP contribution is -2.39. The number of benzene rings is 1. The van der Waals surface area contributed by atoms with Crippen molar-refractivity contribution >= 4 is 22.0 Å². The molecule has 0 aliphatic carbocycles. The summed E-state index contributed by atoms with van der Waals surface area (Å²) in [6.45, 7) is 10.0. The molecule has 122 valence electrons. The number of nitrogens with zero attached hydrogens (tertiary/aromatic N) is 2. The molecule has 1 aliphatic heterocycles. The predicted octanol–water partition coefficient (Wildman–Crippen LogP) is 3.89. The molecule has 1 aromatic rings. The van der Waals surface area contributed by atoms with Crippen LogP contribution in [0.25, 0.3) is 0 Å². The number of hydrogen-bond acceptors (Lipinski definition) is 3. The lowest BCUT2D eigenvalue weighted by molar-refractivity contribution is 0.0257. The van der Waals surface area contributed by atoms with Crippen LogP contribution in [0.2, 0.25) is 0 Å². The minimum atomic E-state index is -0.430. The first-order chi connectivity index (χ1) is 10.3. The Labute approximate surface area is 141 Å². The van der Waals surface area contributed by atoms with Crippen LogP contribution < -0.4 is 0 Å². The normalized spacial score (nSPS) is 17.2. The first-order valence-electron chi connectivity index (χ1n) is 7.78. The molecule has 0 unspecified atom stereocenters. The number of hydrogen-bond donors (Lipinski definition) is 0. The smallest absolute Gasteiger partial charge is 0.410 e. The molecule has 4 nitrogen and oxygen atoms in total. The molecule has 5 heteroatoms. The van der Waals surface area contributed by atoms with E-state index in [-0.39, 0.29) is 6.09 Å². The summed E-state index contributed by atoms with van der Waals surface area (Å²) in [7, 11) is 0. The first-order valence-corrected chi connectivity index (χ1v) is 8.57. The van der Waals surface area contributed by atoms with Crippen molar-refractivity contribution in [3.05, 3.63) is 34.3 Å². The number of carbonyl (C=O) groups is 1. The van der Waals surface area contributed by atoms with E-state index in [4.69, 9.17) is 4.74 Å². The molecule has 0 N–H and O–H groups in total. The topological polar surface area (TPSA) is 32.8 Å². The number of carbonyl (C=O) groups excluding carboxylic acids is 1. The highest BCUT2D eigenvalue weighted by atomic mass is 79.9. The fourth-order valence-corrected chi connectivity index (χ4v) is 2.75. The Morgan fingerprint density at radius 3 is 2.45 bits per heavy atom. The summed E-state index contributed by atoms with van der Waals surface area (Å²) in [5, 5.41) is 0. The van der Waals surface area contributed by atoms with Gasteiger partial charge in [0.1, 0.15) is 5.60 Å². The third kappa shape index (κ3) is 5.61. The number of halogens is 1. The Bertz CT molecular complexity index is 496. The minimum absolute atomic E-state index is 0.196. The van der Waals surface area contributed by atoms with Crippen LogP contribution in [-0.4, -0.2) is 47.7 Å². The second-order valence-corrected chi connectivity index (χ2v) is 7.64. The van der Waals surface area contributed by atoms with Crippen molar-refractivity contribution in [1.82, 2.24) is 9.80 Å². The first kappa shape index (κ1) is 17.3. The van der Waals surface area contributed by atoms with Crippen LogP contribution in [0.5, 0.6) is 0 Å². The minimum Gasteiger partial charge on any atom is -0.444 e. The quantitative estimate of drug-likeness (QED) is 0.793. The van der Waals surface area contributed by atoms with Crippen LogP contribution in [0.4, 0.5) is 4.79 Å². The SMILES string of the molecule is CC(C)(C)OC(=O)N1CCCN(Cc2ccc(Br)cc2)CC1. The van der Waals surface area contributed by atoms with Gasteiger partial charge in [-0.2, -0.15) is 0 Å². The van der Waals surface area contributed by atoms with Crippen molar-refractivity contribution in [1.29, 1.82) is 0 Å². The molecule has 1 fully saturated rings. The molecule has 1 amide bonds. The zero-order valence-electron chi connectivity index (χ0n) is 13.6. The van der Waals surface area contributed by atoms with Crippen molar-refractivity contribution in [3.63, 3.8) is 0 Å². The van der Waals surface area contributed by atoms with Crippen molar-refractivity contribution in [2.45, 2.75) is 39.3 Å². The molecule has 1 aliphatic rings. The lowest BCUT2D eigenvalue weighted by atomic mass is 10.2. The van der Waals surface area contributed by atoms with E-state index in [0.717, 1.165) is 43.6 Å². The highest BCUT2D eigenvalue weighted by molar-refractivity contribution is 9.10. The lowest BCUT2D eigenvalue weighted by Gasteiger charge is -2.26. The Morgan fingerprint density at radius 2 is 1.82 bits per heavy atom. The van der Waals surface area contributed by atoms with Crippen molar-refractivity contribution < 1.29 is 9.53 Å². The number of rotatable bonds is 2. The van der Waals surface area contributed by atoms with Crippen LogP contribution in [0.1, 0.15) is 32.8 Å². The zero-order valence-corrected chi connectivity index (χ0v) is 15.2. The third-order valence-electron chi connectivity index (χ3n) is 3.56. The van der Waals surface area contributed by atoms with E-state index in [9.17, 15) is 4.79 Å². The molecule has 0 spiro atoms. The molecule has 0 aromatic heterocycles. The second-order valence-electron chi connectivity index (χ2n) is 6.72. The van der Waals surface area contributed by atoms with E-state index in [1.54, 1.807) is 0 Å². The van der Waals surface area contributed by atoms with Crippen molar-refractivity contribution in [2.24, 2.45) is 0 Å². The van der Waals surface area contributed by atoms with Crippen LogP contribution in [0.3, 0.4) is 0 Å². The zero-order chi connectivity index (χ0) is 16.2. The van der Waals surface area contributed by atoms with E-state index in [0.29, 0.717) is 0 Å². The predicted molar refractivity (Wildman–Crippen MR) is 91.8 cm³/mol. The highest BCUT2D eigenvalue weighted by Gasteiger charge is 2.24. The molecule has 1 aromatic carbocycles. The van der Waals surface area contributed by atoms with Gasteiger partial charge < -0.3 is 9.64 Å². The number of ether oxygens (including phenoxy) is 1. The Kier molecular flexibility index (Phi) is 5.87. The van der Waals surface area contributed by atoms with Gasteiger partial charge in [0.25, 0.3) is 0 Å². The van der Waals surface area contributed by atoms with Crippen molar-refractivity contribution in [3.8, 4) is 0 Å². The van der Waals surface area contributed by atoms with Gasteiger partial charge in [-0.25, -0.2) is 4.79 Å². The second kappa shape index (κ2) is 7.47. The maximum absolute atomic E-state index is 12.1. The van der Waals surface area contributed by atoms with Gasteiger partial charge in [0.2, 0.25) is 0 Å². The standard InChI is InChI=1S/C17H25BrN2O2/c1-17(2,3)22-16(21)20-10-4-9-19(11-12-20)13-14-5-7-15(18)8-6-14/h5-8H,4,9-13H2,1-3H3. The molecule has 1 saturated heterocycles. The van der Waals surface area contributed by atoms with E-state index < -0.39 is 5.60 Å². The van der Waals surface area contributed by atoms with Crippen LogP contribution >= 0.6 is 15.9 Å². The fraction of sp³-hybridized carbons (Fsp3) is 0.588. The van der Waals surface area contributed by atoms with Gasteiger partial charge in [-0.05, 0) is 44.9 Å². The van der Waals surface area contributed by atoms with Crippen LogP contribution in [0, 0.1) is 0 Å². The van der Waals surface area contributed by atoms with Gasteiger partial charge in [0.05, 0.1) is 0 Å². The van der Waals surface area contributed by atoms with Crippen molar-refractivity contribution in [2.75, 3.05) is 26.2 Å². The summed E-state index contributed by atoms with van der Waals surface area (Å²) >= 11 is 3.46. The van der Waals surface area contributed by atoms with E-state index >= 15 is 0 Å². The molecule has 22 heavy (non-hydrogen) atoms. The molecule has 2 rings (SSSR count). The van der Waals surface area contributed by atoms with Gasteiger partial charge in [-0.3, -0.25) is 4.90 Å². The summed E-state index contributed by atoms with van der Waals surface area (Å²) in [6, 6.07) is 8.42. The highest BCUT2D eigenvalue weighted by Crippen LogP contribution is 2.15. The maximum atomic E-state index is 12.1. The van der Waals surface area contributed by atoms with Gasteiger partial charge in [0, 0.05) is 37.2 Å². The average molecular weight is 369 g/mol. The van der Waals surface area contributed by atoms with Crippen LogP contribution in [-0.2, 0) is 11.3 Å². The van der Waals surface area contributed by atoms with Gasteiger partial charge >= 0.3 is 6.09 Å². The molecule has 0 bridgehead atoms. The van der Waals surface area contributed by atoms with E-state index in [1.165, 1.54) is 5.56 Å². The molecule has 0 atom stereocenters. The Morgan fingerprint density at radius 1 is 1.14 bits per heavy atom. The van der Waals surface area contributed by atoms with Gasteiger partial charge in [0.15, 0.2) is 0 Å². The Hall–Kier alpha value is -1.07. The molecular formula is C17H25BrN2O2. The Balaban J connectivity index is 1.87. The molecular weight excluding hydrogens is 344 g/mol.